The first-order chi connectivity index (χ1) is 12.0. The molecule has 0 bridgehead atoms. The quantitative estimate of drug-likeness (QED) is 0.710. The molecule has 2 aromatic rings. The summed E-state index contributed by atoms with van der Waals surface area (Å²) in [6.45, 7) is 1.94. The van der Waals surface area contributed by atoms with Crippen LogP contribution in [0.2, 0.25) is 0 Å². The summed E-state index contributed by atoms with van der Waals surface area (Å²) in [5, 5.41) is 4.11. The van der Waals surface area contributed by atoms with E-state index in [0.29, 0.717) is 5.69 Å². The van der Waals surface area contributed by atoms with Crippen LogP contribution < -0.4 is 0 Å². The lowest BCUT2D eigenvalue weighted by Crippen LogP contribution is -2.38. The number of ether oxygens (including phenoxy) is 2. The van der Waals surface area contributed by atoms with Crippen molar-refractivity contribution in [3.8, 4) is 5.69 Å². The molecule has 25 heavy (non-hydrogen) atoms. The Morgan fingerprint density at radius 3 is 2.64 bits per heavy atom. The molecule has 0 fully saturated rings. The van der Waals surface area contributed by atoms with Gasteiger partial charge in [-0.1, -0.05) is 12.1 Å². The molecule has 7 nitrogen and oxygen atoms in total. The molecule has 1 amide bonds. The maximum absolute atomic E-state index is 14.0. The van der Waals surface area contributed by atoms with Crippen molar-refractivity contribution >= 4 is 11.9 Å². The number of hydrogen-bond donors (Lipinski definition) is 0. The van der Waals surface area contributed by atoms with Gasteiger partial charge in [-0.05, 0) is 19.1 Å². The number of benzene rings is 1. The van der Waals surface area contributed by atoms with Gasteiger partial charge >= 0.3 is 5.97 Å². The number of esters is 1. The van der Waals surface area contributed by atoms with E-state index in [4.69, 9.17) is 4.74 Å². The predicted octanol–water partition coefficient (Wildman–Crippen LogP) is 1.58. The molecule has 0 radical (unpaired) electrons. The average Bonchev–Trinajstić information content (AvgIpc) is 2.99. The van der Waals surface area contributed by atoms with E-state index in [9.17, 15) is 14.0 Å². The molecular formula is C17H20FN3O4. The zero-order valence-corrected chi connectivity index (χ0v) is 14.4. The summed E-state index contributed by atoms with van der Waals surface area (Å²) in [5.74, 6) is -1.38. The summed E-state index contributed by atoms with van der Waals surface area (Å²) in [4.78, 5) is 25.6. The van der Waals surface area contributed by atoms with Gasteiger partial charge < -0.3 is 14.4 Å². The number of carbonyl (C=O) groups is 2. The van der Waals surface area contributed by atoms with Gasteiger partial charge in [-0.3, -0.25) is 9.59 Å². The number of nitrogens with zero attached hydrogens (tertiary/aromatic N) is 3. The third-order valence-corrected chi connectivity index (χ3v) is 3.72. The molecule has 0 saturated carbocycles. The number of aromatic nitrogens is 2. The number of amides is 1. The van der Waals surface area contributed by atoms with Crippen LogP contribution in [0, 0.1) is 12.7 Å². The van der Waals surface area contributed by atoms with Crippen molar-refractivity contribution in [3.63, 3.8) is 0 Å². The molecule has 2 rings (SSSR count). The molecule has 0 aliphatic carbocycles. The van der Waals surface area contributed by atoms with Gasteiger partial charge in [0, 0.05) is 13.7 Å². The van der Waals surface area contributed by atoms with E-state index in [-0.39, 0.29) is 30.9 Å². The summed E-state index contributed by atoms with van der Waals surface area (Å²) >= 11 is 0. The van der Waals surface area contributed by atoms with Crippen LogP contribution >= 0.6 is 0 Å². The summed E-state index contributed by atoms with van der Waals surface area (Å²) in [7, 11) is 2.75. The first-order valence-corrected chi connectivity index (χ1v) is 7.64. The third kappa shape index (κ3) is 4.21. The van der Waals surface area contributed by atoms with Crippen LogP contribution in [0.15, 0.2) is 30.5 Å². The van der Waals surface area contributed by atoms with Crippen molar-refractivity contribution in [2.24, 2.45) is 0 Å². The lowest BCUT2D eigenvalue weighted by molar-refractivity contribution is -0.141. The summed E-state index contributed by atoms with van der Waals surface area (Å²) < 4.78 is 24.9. The van der Waals surface area contributed by atoms with Gasteiger partial charge in [-0.15, -0.1) is 0 Å². The number of methoxy groups -OCH3 is 2. The fraction of sp³-hybridized carbons (Fsp3) is 0.353. The second-order valence-electron chi connectivity index (χ2n) is 5.30. The zero-order valence-electron chi connectivity index (χ0n) is 14.4. The molecule has 1 aromatic carbocycles. The average molecular weight is 349 g/mol. The first-order valence-electron chi connectivity index (χ1n) is 7.64. The third-order valence-electron chi connectivity index (χ3n) is 3.72. The lowest BCUT2D eigenvalue weighted by Gasteiger charge is -2.20. The molecule has 1 aromatic heterocycles. The minimum atomic E-state index is -0.538. The molecule has 1 heterocycles. The minimum absolute atomic E-state index is 0.205. The van der Waals surface area contributed by atoms with Crippen molar-refractivity contribution in [2.75, 3.05) is 33.9 Å². The highest BCUT2D eigenvalue weighted by molar-refractivity contribution is 5.96. The Hall–Kier alpha value is -2.74. The highest BCUT2D eigenvalue weighted by Gasteiger charge is 2.23. The fourth-order valence-electron chi connectivity index (χ4n) is 2.33. The van der Waals surface area contributed by atoms with E-state index < -0.39 is 17.7 Å². The van der Waals surface area contributed by atoms with E-state index in [1.807, 2.05) is 0 Å². The number of carbonyl (C=O) groups excluding carboxylic acids is 2. The van der Waals surface area contributed by atoms with Crippen LogP contribution in [0.25, 0.3) is 5.69 Å². The summed E-state index contributed by atoms with van der Waals surface area (Å²) in [6, 6.07) is 6.15. The van der Waals surface area contributed by atoms with Crippen molar-refractivity contribution in [3.05, 3.63) is 47.5 Å². The Morgan fingerprint density at radius 1 is 1.28 bits per heavy atom. The fourth-order valence-corrected chi connectivity index (χ4v) is 2.33. The highest BCUT2D eigenvalue weighted by atomic mass is 19.1. The van der Waals surface area contributed by atoms with Gasteiger partial charge in [0.2, 0.25) is 0 Å². The standard InChI is InChI=1S/C17H20FN3O4/c1-12-13(10-19-21(12)15-7-5-4-6-14(15)18)17(23)20(8-9-24-2)11-16(22)25-3/h4-7,10H,8-9,11H2,1-3H3. The van der Waals surface area contributed by atoms with Crippen LogP contribution in [-0.2, 0) is 14.3 Å². The van der Waals surface area contributed by atoms with Crippen LogP contribution in [0.5, 0.6) is 0 Å². The van der Waals surface area contributed by atoms with Crippen molar-refractivity contribution in [1.29, 1.82) is 0 Å². The van der Waals surface area contributed by atoms with Crippen LogP contribution in [-0.4, -0.2) is 60.5 Å². The van der Waals surface area contributed by atoms with E-state index >= 15 is 0 Å². The molecule has 0 saturated heterocycles. The number of hydrogen-bond acceptors (Lipinski definition) is 5. The molecule has 0 aliphatic rings. The van der Waals surface area contributed by atoms with E-state index in [1.54, 1.807) is 25.1 Å². The van der Waals surface area contributed by atoms with Gasteiger partial charge in [0.1, 0.15) is 18.0 Å². The maximum Gasteiger partial charge on any atom is 0.325 e. The smallest absolute Gasteiger partial charge is 0.325 e. The Bertz CT molecular complexity index is 760. The van der Waals surface area contributed by atoms with E-state index in [2.05, 4.69) is 9.84 Å². The second-order valence-corrected chi connectivity index (χ2v) is 5.30. The highest BCUT2D eigenvalue weighted by Crippen LogP contribution is 2.18. The summed E-state index contributed by atoms with van der Waals surface area (Å²) in [5.41, 5.74) is 1.00. The number of halogens is 1. The van der Waals surface area contributed by atoms with Gasteiger partial charge in [-0.2, -0.15) is 5.10 Å². The summed E-state index contributed by atoms with van der Waals surface area (Å²) in [6.07, 6.45) is 1.36. The van der Waals surface area contributed by atoms with E-state index in [1.165, 1.54) is 36.1 Å². The van der Waals surface area contributed by atoms with Crippen LogP contribution in [0.1, 0.15) is 16.1 Å². The van der Waals surface area contributed by atoms with Crippen LogP contribution in [0.3, 0.4) is 0 Å². The van der Waals surface area contributed by atoms with E-state index in [0.717, 1.165) is 0 Å². The molecule has 0 aliphatic heterocycles. The monoisotopic (exact) mass is 349 g/mol. The first kappa shape index (κ1) is 18.6. The number of rotatable bonds is 7. The molecule has 134 valence electrons. The van der Waals surface area contributed by atoms with Crippen molar-refractivity contribution < 1.29 is 23.5 Å². The van der Waals surface area contributed by atoms with Crippen molar-refractivity contribution in [2.45, 2.75) is 6.92 Å². The van der Waals surface area contributed by atoms with Gasteiger partial charge in [-0.25, -0.2) is 9.07 Å². The zero-order chi connectivity index (χ0) is 18.4. The largest absolute Gasteiger partial charge is 0.468 e. The Labute approximate surface area is 144 Å². The molecule has 8 heteroatoms. The van der Waals surface area contributed by atoms with Gasteiger partial charge in [0.25, 0.3) is 5.91 Å². The molecular weight excluding hydrogens is 329 g/mol. The Morgan fingerprint density at radius 2 is 2.00 bits per heavy atom. The second kappa shape index (κ2) is 8.39. The number of para-hydroxylation sites is 1. The minimum Gasteiger partial charge on any atom is -0.468 e. The predicted molar refractivity (Wildman–Crippen MR) is 88.1 cm³/mol. The molecule has 0 spiro atoms. The molecule has 0 N–H and O–H groups in total. The van der Waals surface area contributed by atoms with Crippen LogP contribution in [0.4, 0.5) is 4.39 Å². The Kier molecular flexibility index (Phi) is 6.24. The normalized spacial score (nSPS) is 10.6. The Balaban J connectivity index is 2.31. The SMILES string of the molecule is COCCN(CC(=O)OC)C(=O)c1cnn(-c2ccccc2F)c1C. The lowest BCUT2D eigenvalue weighted by atomic mass is 10.2. The van der Waals surface area contributed by atoms with Gasteiger partial charge in [0.15, 0.2) is 0 Å². The topological polar surface area (TPSA) is 73.7 Å². The van der Waals surface area contributed by atoms with Gasteiger partial charge in [0.05, 0.1) is 31.2 Å². The molecule has 0 unspecified atom stereocenters. The molecule has 0 atom stereocenters. The maximum atomic E-state index is 14.0. The van der Waals surface area contributed by atoms with Crippen molar-refractivity contribution in [1.82, 2.24) is 14.7 Å².